The van der Waals surface area contributed by atoms with E-state index in [1.165, 1.54) is 5.56 Å². The molecule has 0 fully saturated rings. The zero-order chi connectivity index (χ0) is 16.1. The molecule has 0 aliphatic rings. The molecule has 118 valence electrons. The van der Waals surface area contributed by atoms with Gasteiger partial charge in [0.25, 0.3) is 0 Å². The van der Waals surface area contributed by atoms with Crippen molar-refractivity contribution in [3.05, 3.63) is 59.5 Å². The smallest absolute Gasteiger partial charge is 0.161 e. The first-order valence-corrected chi connectivity index (χ1v) is 8.14. The van der Waals surface area contributed by atoms with Gasteiger partial charge in [0.15, 0.2) is 11.5 Å². The van der Waals surface area contributed by atoms with E-state index in [0.717, 1.165) is 28.7 Å². The van der Waals surface area contributed by atoms with Crippen LogP contribution in [0.5, 0.6) is 11.5 Å². The van der Waals surface area contributed by atoms with Crippen LogP contribution in [0.3, 0.4) is 0 Å². The molecule has 0 radical (unpaired) electrons. The third kappa shape index (κ3) is 3.63. The largest absolute Gasteiger partial charge is 0.493 e. The molecule has 1 N–H and O–H groups in total. The van der Waals surface area contributed by atoms with Gasteiger partial charge in [0.2, 0.25) is 0 Å². The van der Waals surface area contributed by atoms with Crippen molar-refractivity contribution in [2.24, 2.45) is 0 Å². The predicted octanol–water partition coefficient (Wildman–Crippen LogP) is 4.44. The minimum absolute atomic E-state index is 0.707. The van der Waals surface area contributed by atoms with E-state index in [1.807, 2.05) is 41.8 Å². The van der Waals surface area contributed by atoms with Gasteiger partial charge < -0.3 is 14.8 Å². The number of nitrogens with zero attached hydrogens (tertiary/aromatic N) is 1. The molecule has 0 aliphatic carbocycles. The monoisotopic (exact) mass is 326 g/mol. The lowest BCUT2D eigenvalue weighted by Gasteiger charge is -2.08. The minimum atomic E-state index is 0.707. The van der Waals surface area contributed by atoms with Crippen molar-refractivity contribution in [2.75, 3.05) is 19.5 Å². The Bertz CT molecular complexity index is 772. The van der Waals surface area contributed by atoms with Gasteiger partial charge in [-0.2, -0.15) is 0 Å². The Morgan fingerprint density at radius 2 is 1.78 bits per heavy atom. The number of thiazole rings is 1. The minimum Gasteiger partial charge on any atom is -0.493 e. The molecule has 3 rings (SSSR count). The summed E-state index contributed by atoms with van der Waals surface area (Å²) in [6.07, 6.45) is 0. The first kappa shape index (κ1) is 15.4. The summed E-state index contributed by atoms with van der Waals surface area (Å²) >= 11 is 1.60. The fourth-order valence-electron chi connectivity index (χ4n) is 2.25. The molecule has 0 amide bonds. The summed E-state index contributed by atoms with van der Waals surface area (Å²) in [7, 11) is 3.27. The number of anilines is 1. The molecular weight excluding hydrogens is 308 g/mol. The molecule has 23 heavy (non-hydrogen) atoms. The Labute approximate surface area is 139 Å². The van der Waals surface area contributed by atoms with E-state index in [-0.39, 0.29) is 0 Å². The van der Waals surface area contributed by atoms with Crippen molar-refractivity contribution < 1.29 is 9.47 Å². The molecule has 4 nitrogen and oxygen atoms in total. The average Bonchev–Trinajstić information content (AvgIpc) is 3.09. The Kier molecular flexibility index (Phi) is 4.78. The first-order valence-electron chi connectivity index (χ1n) is 7.26. The highest BCUT2D eigenvalue weighted by Crippen LogP contribution is 2.34. The van der Waals surface area contributed by atoms with Crippen molar-refractivity contribution >= 4 is 17.2 Å². The quantitative estimate of drug-likeness (QED) is 0.727. The number of nitrogens with one attached hydrogen (secondary N) is 1. The van der Waals surface area contributed by atoms with Crippen molar-refractivity contribution in [1.29, 1.82) is 0 Å². The first-order chi connectivity index (χ1) is 11.3. The van der Waals surface area contributed by atoms with Gasteiger partial charge in [-0.3, -0.25) is 0 Å². The molecule has 1 heterocycles. The second-order valence-electron chi connectivity index (χ2n) is 4.95. The normalized spacial score (nSPS) is 10.3. The summed E-state index contributed by atoms with van der Waals surface area (Å²) < 4.78 is 10.6. The van der Waals surface area contributed by atoms with Crippen LogP contribution >= 0.6 is 11.3 Å². The highest BCUT2D eigenvalue weighted by atomic mass is 32.1. The Morgan fingerprint density at radius 1 is 1.00 bits per heavy atom. The van der Waals surface area contributed by atoms with Gasteiger partial charge in [-0.05, 0) is 23.8 Å². The Balaban J connectivity index is 1.74. The standard InChI is InChI=1S/C18H18N2O2S/c1-21-15-9-8-14(10-16(15)22-2)18-20-17(12-23-18)19-11-13-6-4-3-5-7-13/h3-10,12,19H,11H2,1-2H3. The number of benzene rings is 2. The lowest BCUT2D eigenvalue weighted by atomic mass is 10.2. The zero-order valence-corrected chi connectivity index (χ0v) is 13.9. The van der Waals surface area contributed by atoms with Crippen molar-refractivity contribution in [2.45, 2.75) is 6.54 Å². The fourth-order valence-corrected chi connectivity index (χ4v) is 3.02. The van der Waals surface area contributed by atoms with Gasteiger partial charge in [0, 0.05) is 17.5 Å². The van der Waals surface area contributed by atoms with Crippen LogP contribution < -0.4 is 14.8 Å². The van der Waals surface area contributed by atoms with Crippen molar-refractivity contribution in [1.82, 2.24) is 4.98 Å². The third-order valence-corrected chi connectivity index (χ3v) is 4.34. The third-order valence-electron chi connectivity index (χ3n) is 3.45. The van der Waals surface area contributed by atoms with Crippen LogP contribution in [-0.4, -0.2) is 19.2 Å². The molecule has 1 aromatic heterocycles. The summed E-state index contributed by atoms with van der Waals surface area (Å²) in [6.45, 7) is 0.760. The molecule has 5 heteroatoms. The van der Waals surface area contributed by atoms with Crippen LogP contribution in [0.2, 0.25) is 0 Å². The molecule has 0 saturated carbocycles. The van der Waals surface area contributed by atoms with E-state index in [1.54, 1.807) is 25.6 Å². The SMILES string of the molecule is COc1ccc(-c2nc(NCc3ccccc3)cs2)cc1OC. The van der Waals surface area contributed by atoms with E-state index in [2.05, 4.69) is 22.4 Å². The summed E-state index contributed by atoms with van der Waals surface area (Å²) in [5.41, 5.74) is 2.24. The maximum absolute atomic E-state index is 5.35. The van der Waals surface area contributed by atoms with E-state index in [0.29, 0.717) is 5.75 Å². The second-order valence-corrected chi connectivity index (χ2v) is 5.80. The number of methoxy groups -OCH3 is 2. The molecule has 0 aliphatic heterocycles. The van der Waals surface area contributed by atoms with Crippen LogP contribution in [-0.2, 0) is 6.54 Å². The summed E-state index contributed by atoms with van der Waals surface area (Å²) in [6, 6.07) is 16.1. The van der Waals surface area contributed by atoms with Gasteiger partial charge >= 0.3 is 0 Å². The van der Waals surface area contributed by atoms with Crippen LogP contribution in [0.1, 0.15) is 5.56 Å². The highest BCUT2D eigenvalue weighted by molar-refractivity contribution is 7.13. The van der Waals surface area contributed by atoms with Crippen LogP contribution in [0, 0.1) is 0 Å². The number of ether oxygens (including phenoxy) is 2. The van der Waals surface area contributed by atoms with Crippen LogP contribution in [0.4, 0.5) is 5.82 Å². The molecule has 3 aromatic rings. The maximum Gasteiger partial charge on any atom is 0.161 e. The van der Waals surface area contributed by atoms with E-state index >= 15 is 0 Å². The van der Waals surface area contributed by atoms with Gasteiger partial charge in [-0.1, -0.05) is 30.3 Å². The number of hydrogen-bond acceptors (Lipinski definition) is 5. The predicted molar refractivity (Wildman–Crippen MR) is 94.4 cm³/mol. The lowest BCUT2D eigenvalue weighted by Crippen LogP contribution is -1.99. The topological polar surface area (TPSA) is 43.4 Å². The molecule has 0 bridgehead atoms. The number of aromatic nitrogens is 1. The zero-order valence-electron chi connectivity index (χ0n) is 13.1. The second kappa shape index (κ2) is 7.15. The van der Waals surface area contributed by atoms with E-state index < -0.39 is 0 Å². The Hall–Kier alpha value is -2.53. The highest BCUT2D eigenvalue weighted by Gasteiger charge is 2.09. The number of rotatable bonds is 6. The van der Waals surface area contributed by atoms with Crippen LogP contribution in [0.15, 0.2) is 53.9 Å². The molecule has 0 atom stereocenters. The van der Waals surface area contributed by atoms with E-state index in [4.69, 9.17) is 9.47 Å². The fraction of sp³-hybridized carbons (Fsp3) is 0.167. The van der Waals surface area contributed by atoms with E-state index in [9.17, 15) is 0 Å². The molecule has 0 unspecified atom stereocenters. The number of hydrogen-bond donors (Lipinski definition) is 1. The maximum atomic E-state index is 5.35. The summed E-state index contributed by atoms with van der Waals surface area (Å²) in [5, 5.41) is 6.31. The lowest BCUT2D eigenvalue weighted by molar-refractivity contribution is 0.355. The summed E-state index contributed by atoms with van der Waals surface area (Å²) in [5.74, 6) is 2.30. The van der Waals surface area contributed by atoms with Crippen molar-refractivity contribution in [3.8, 4) is 22.1 Å². The van der Waals surface area contributed by atoms with Gasteiger partial charge in [-0.25, -0.2) is 4.98 Å². The van der Waals surface area contributed by atoms with Gasteiger partial charge in [0.1, 0.15) is 10.8 Å². The molecule has 0 saturated heterocycles. The molecule has 2 aromatic carbocycles. The van der Waals surface area contributed by atoms with Gasteiger partial charge in [0.05, 0.1) is 14.2 Å². The average molecular weight is 326 g/mol. The van der Waals surface area contributed by atoms with Gasteiger partial charge in [-0.15, -0.1) is 11.3 Å². The molecule has 0 spiro atoms. The Morgan fingerprint density at radius 3 is 2.52 bits per heavy atom. The summed E-state index contributed by atoms with van der Waals surface area (Å²) in [4.78, 5) is 4.64. The van der Waals surface area contributed by atoms with Crippen molar-refractivity contribution in [3.63, 3.8) is 0 Å². The van der Waals surface area contributed by atoms with Crippen LogP contribution in [0.25, 0.3) is 10.6 Å². The molecular formula is C18H18N2O2S.